The van der Waals surface area contributed by atoms with Crippen molar-refractivity contribution < 1.29 is 22.8 Å². The predicted octanol–water partition coefficient (Wildman–Crippen LogP) is 6.67. The summed E-state index contributed by atoms with van der Waals surface area (Å²) >= 11 is 6.20. The van der Waals surface area contributed by atoms with Crippen molar-refractivity contribution in [2.45, 2.75) is 13.1 Å². The van der Waals surface area contributed by atoms with Gasteiger partial charge in [0.15, 0.2) is 11.5 Å². The van der Waals surface area contributed by atoms with Crippen LogP contribution in [0.3, 0.4) is 0 Å². The average Bonchev–Trinajstić information content (AvgIpc) is 3.26. The maximum Gasteiger partial charge on any atom is 0.435 e. The number of nitrogens with one attached hydrogen (secondary N) is 1. The summed E-state index contributed by atoms with van der Waals surface area (Å²) in [4.78, 5) is 24.0. The van der Waals surface area contributed by atoms with Gasteiger partial charge in [-0.15, -0.1) is 0 Å². The third-order valence-electron chi connectivity index (χ3n) is 5.07. The first-order valence-corrected chi connectivity index (χ1v) is 10.5. The van der Waals surface area contributed by atoms with Crippen molar-refractivity contribution in [2.24, 2.45) is 0 Å². The van der Waals surface area contributed by atoms with Crippen LogP contribution in [-0.4, -0.2) is 21.5 Å². The van der Waals surface area contributed by atoms with E-state index in [1.807, 2.05) is 0 Å². The van der Waals surface area contributed by atoms with Gasteiger partial charge in [0.1, 0.15) is 0 Å². The van der Waals surface area contributed by atoms with E-state index in [-0.39, 0.29) is 16.5 Å². The van der Waals surface area contributed by atoms with Crippen LogP contribution in [0, 0.1) is 0 Å². The summed E-state index contributed by atoms with van der Waals surface area (Å²) in [6.45, 7) is 1.45. The number of anilines is 1. The number of nitrogens with zero attached hydrogens (tertiary/aromatic N) is 2. The molecule has 0 saturated carbocycles. The lowest BCUT2D eigenvalue weighted by Crippen LogP contribution is -2.11. The summed E-state index contributed by atoms with van der Waals surface area (Å²) in [6.07, 6.45) is -4.64. The van der Waals surface area contributed by atoms with Crippen LogP contribution in [-0.2, 0) is 6.18 Å². The molecular weight excluding hydrogens is 467 g/mol. The lowest BCUT2D eigenvalue weighted by Gasteiger charge is -2.10. The number of ketones is 1. The molecule has 0 saturated heterocycles. The average molecular weight is 484 g/mol. The lowest BCUT2D eigenvalue weighted by atomic mass is 10.1. The molecule has 5 nitrogen and oxygen atoms in total. The zero-order valence-corrected chi connectivity index (χ0v) is 18.5. The number of hydrogen-bond acceptors (Lipinski definition) is 3. The largest absolute Gasteiger partial charge is 0.435 e. The maximum absolute atomic E-state index is 13.4. The van der Waals surface area contributed by atoms with Gasteiger partial charge in [-0.2, -0.15) is 18.3 Å². The molecule has 3 aromatic carbocycles. The Bertz CT molecular complexity index is 1360. The van der Waals surface area contributed by atoms with E-state index in [1.165, 1.54) is 31.2 Å². The number of carbonyl (C=O) groups is 2. The van der Waals surface area contributed by atoms with Crippen molar-refractivity contribution in [1.29, 1.82) is 0 Å². The number of carbonyl (C=O) groups excluding carboxylic acids is 2. The van der Waals surface area contributed by atoms with Crippen molar-refractivity contribution in [3.8, 4) is 16.9 Å². The molecule has 1 amide bonds. The highest BCUT2D eigenvalue weighted by Crippen LogP contribution is 2.34. The van der Waals surface area contributed by atoms with Gasteiger partial charge < -0.3 is 5.32 Å². The Morgan fingerprint density at radius 2 is 1.53 bits per heavy atom. The zero-order valence-electron chi connectivity index (χ0n) is 17.7. The van der Waals surface area contributed by atoms with Gasteiger partial charge in [0, 0.05) is 22.4 Å². The quantitative estimate of drug-likeness (QED) is 0.322. The molecule has 0 atom stereocenters. The fraction of sp³-hybridized carbons (Fsp3) is 0.0800. The summed E-state index contributed by atoms with van der Waals surface area (Å²) in [5, 5.41) is 6.69. The number of amides is 1. The Kier molecular flexibility index (Phi) is 6.26. The molecule has 0 unspecified atom stereocenters. The molecule has 1 heterocycles. The topological polar surface area (TPSA) is 64.0 Å². The minimum atomic E-state index is -4.64. The van der Waals surface area contributed by atoms with Crippen molar-refractivity contribution in [3.63, 3.8) is 0 Å². The van der Waals surface area contributed by atoms with Gasteiger partial charge in [-0.1, -0.05) is 35.9 Å². The van der Waals surface area contributed by atoms with Crippen LogP contribution < -0.4 is 5.32 Å². The molecule has 34 heavy (non-hydrogen) atoms. The van der Waals surface area contributed by atoms with E-state index in [1.54, 1.807) is 48.5 Å². The van der Waals surface area contributed by atoms with E-state index in [9.17, 15) is 22.8 Å². The van der Waals surface area contributed by atoms with E-state index in [0.29, 0.717) is 28.1 Å². The van der Waals surface area contributed by atoms with Crippen LogP contribution in [0.2, 0.25) is 5.02 Å². The second kappa shape index (κ2) is 9.15. The number of Topliss-reactive ketones (excluding diaryl/α,β-unsaturated/α-hetero) is 1. The van der Waals surface area contributed by atoms with Gasteiger partial charge in [-0.05, 0) is 61.5 Å². The van der Waals surface area contributed by atoms with Gasteiger partial charge in [0.2, 0.25) is 0 Å². The van der Waals surface area contributed by atoms with E-state index < -0.39 is 17.8 Å². The van der Waals surface area contributed by atoms with Gasteiger partial charge >= 0.3 is 6.18 Å². The predicted molar refractivity (Wildman–Crippen MR) is 123 cm³/mol. The Balaban J connectivity index is 1.63. The van der Waals surface area contributed by atoms with Crippen molar-refractivity contribution in [3.05, 3.63) is 101 Å². The molecule has 4 rings (SSSR count). The number of rotatable bonds is 5. The molecule has 0 radical (unpaired) electrons. The molecule has 9 heteroatoms. The number of benzene rings is 3. The van der Waals surface area contributed by atoms with Crippen LogP contribution >= 0.6 is 11.6 Å². The molecule has 0 spiro atoms. The van der Waals surface area contributed by atoms with E-state index >= 15 is 0 Å². The minimum Gasteiger partial charge on any atom is -0.322 e. The number of halogens is 4. The summed E-state index contributed by atoms with van der Waals surface area (Å²) in [5.41, 5.74) is 1.17. The van der Waals surface area contributed by atoms with E-state index in [4.69, 9.17) is 11.6 Å². The maximum atomic E-state index is 13.4. The summed E-state index contributed by atoms with van der Waals surface area (Å²) in [6, 6.07) is 19.9. The van der Waals surface area contributed by atoms with Crippen LogP contribution in [0.15, 0.2) is 78.9 Å². The standard InChI is InChI=1S/C25H17ClF3N3O2/c1-15(33)16-10-12-19(13-11-16)30-24(34)18-8-6-17(7-9-18)22-14-23(25(27,28)29)31-32(22)21-5-3-2-4-20(21)26/h2-14H,1H3,(H,30,34). The first kappa shape index (κ1) is 23.3. The smallest absolute Gasteiger partial charge is 0.322 e. The van der Waals surface area contributed by atoms with Crippen molar-refractivity contribution >= 4 is 29.0 Å². The lowest BCUT2D eigenvalue weighted by molar-refractivity contribution is -0.141. The molecule has 0 bridgehead atoms. The molecule has 0 aliphatic heterocycles. The number of hydrogen-bond donors (Lipinski definition) is 1. The summed E-state index contributed by atoms with van der Waals surface area (Å²) in [5.74, 6) is -0.490. The molecule has 4 aromatic rings. The molecule has 1 N–H and O–H groups in total. The Labute approximate surface area is 197 Å². The van der Waals surface area contributed by atoms with Gasteiger partial charge in [-0.25, -0.2) is 4.68 Å². The highest BCUT2D eigenvalue weighted by Gasteiger charge is 2.35. The van der Waals surface area contributed by atoms with Crippen molar-refractivity contribution in [1.82, 2.24) is 9.78 Å². The highest BCUT2D eigenvalue weighted by atomic mass is 35.5. The first-order valence-electron chi connectivity index (χ1n) is 10.1. The monoisotopic (exact) mass is 483 g/mol. The van der Waals surface area contributed by atoms with Gasteiger partial charge in [-0.3, -0.25) is 9.59 Å². The highest BCUT2D eigenvalue weighted by molar-refractivity contribution is 6.32. The molecule has 1 aromatic heterocycles. The normalized spacial score (nSPS) is 11.3. The number of para-hydroxylation sites is 1. The first-order chi connectivity index (χ1) is 16.1. The zero-order chi connectivity index (χ0) is 24.5. The second-order valence-electron chi connectivity index (χ2n) is 7.44. The van der Waals surface area contributed by atoms with Gasteiger partial charge in [0.05, 0.1) is 16.4 Å². The molecule has 0 aliphatic carbocycles. The second-order valence-corrected chi connectivity index (χ2v) is 7.85. The Morgan fingerprint density at radius 1 is 0.912 bits per heavy atom. The molecule has 0 fully saturated rings. The van der Waals surface area contributed by atoms with E-state index in [0.717, 1.165) is 10.7 Å². The Morgan fingerprint density at radius 3 is 2.12 bits per heavy atom. The fourth-order valence-corrected chi connectivity index (χ4v) is 3.53. The SMILES string of the molecule is CC(=O)c1ccc(NC(=O)c2ccc(-c3cc(C(F)(F)F)nn3-c3ccccc3Cl)cc2)cc1. The fourth-order valence-electron chi connectivity index (χ4n) is 3.32. The molecule has 172 valence electrons. The minimum absolute atomic E-state index is 0.0850. The van der Waals surface area contributed by atoms with Crippen LogP contribution in [0.4, 0.5) is 18.9 Å². The third-order valence-corrected chi connectivity index (χ3v) is 5.39. The van der Waals surface area contributed by atoms with E-state index in [2.05, 4.69) is 10.4 Å². The van der Waals surface area contributed by atoms with Gasteiger partial charge in [0.25, 0.3) is 5.91 Å². The van der Waals surface area contributed by atoms with Crippen LogP contribution in [0.5, 0.6) is 0 Å². The summed E-state index contributed by atoms with van der Waals surface area (Å²) < 4.78 is 41.3. The molecular formula is C25H17ClF3N3O2. The van der Waals surface area contributed by atoms with Crippen LogP contribution in [0.25, 0.3) is 16.9 Å². The van der Waals surface area contributed by atoms with Crippen LogP contribution in [0.1, 0.15) is 33.3 Å². The summed E-state index contributed by atoms with van der Waals surface area (Å²) in [7, 11) is 0. The third kappa shape index (κ3) is 4.87. The number of alkyl halides is 3. The number of aromatic nitrogens is 2. The Hall–Kier alpha value is -3.91. The molecule has 0 aliphatic rings. The van der Waals surface area contributed by atoms with Crippen molar-refractivity contribution in [2.75, 3.05) is 5.32 Å².